The molecule has 0 saturated heterocycles. The molecule has 8 aromatic carbocycles. The van der Waals surface area contributed by atoms with Crippen molar-refractivity contribution in [2.24, 2.45) is 0 Å². The maximum Gasteiger partial charge on any atom is 0.221 e. The van der Waals surface area contributed by atoms with Gasteiger partial charge in [-0.25, -0.2) is 9.97 Å². The SMILES string of the molecule is c1ccc(-c2cccc(-c3ccc4c5ccc(-c6cccc(-c7ccccc7)c6)cc5n(-c5nc6ccccc6c6nc7ccccc7n56)c4c3)c2)cc1. The van der Waals surface area contributed by atoms with Gasteiger partial charge in [-0.15, -0.1) is 0 Å². The molecular formula is C50H32N4. The maximum atomic E-state index is 5.47. The van der Waals surface area contributed by atoms with Crippen molar-refractivity contribution in [2.75, 3.05) is 0 Å². The Morgan fingerprint density at radius 2 is 0.759 bits per heavy atom. The molecule has 0 N–H and O–H groups in total. The zero-order chi connectivity index (χ0) is 35.6. The van der Waals surface area contributed by atoms with Crippen LogP contribution >= 0.6 is 0 Å². The second kappa shape index (κ2) is 12.1. The van der Waals surface area contributed by atoms with Crippen molar-refractivity contribution in [3.63, 3.8) is 0 Å². The summed E-state index contributed by atoms with van der Waals surface area (Å²) >= 11 is 0. The minimum absolute atomic E-state index is 0.808. The molecule has 4 heteroatoms. The Labute approximate surface area is 311 Å². The van der Waals surface area contributed by atoms with E-state index < -0.39 is 0 Å². The van der Waals surface area contributed by atoms with Crippen molar-refractivity contribution in [3.05, 3.63) is 194 Å². The van der Waals surface area contributed by atoms with Gasteiger partial charge in [0.1, 0.15) is 5.65 Å². The summed E-state index contributed by atoms with van der Waals surface area (Å²) in [7, 11) is 0. The normalized spacial score (nSPS) is 11.7. The van der Waals surface area contributed by atoms with E-state index >= 15 is 0 Å². The number of nitrogens with zero attached hydrogens (tertiary/aromatic N) is 4. The molecule has 11 aromatic rings. The quantitative estimate of drug-likeness (QED) is 0.180. The number of aromatic nitrogens is 4. The number of fused-ring (bicyclic) bond motifs is 8. The number of hydrogen-bond acceptors (Lipinski definition) is 2. The van der Waals surface area contributed by atoms with Crippen molar-refractivity contribution >= 4 is 49.4 Å². The molecular weight excluding hydrogens is 657 g/mol. The van der Waals surface area contributed by atoms with Crippen LogP contribution in [-0.4, -0.2) is 18.9 Å². The second-order valence-electron chi connectivity index (χ2n) is 13.9. The summed E-state index contributed by atoms with van der Waals surface area (Å²) in [5.74, 6) is 0.808. The van der Waals surface area contributed by atoms with E-state index in [1.54, 1.807) is 0 Å². The number of para-hydroxylation sites is 3. The van der Waals surface area contributed by atoms with Crippen LogP contribution in [0.2, 0.25) is 0 Å². The molecule has 0 unspecified atom stereocenters. The average Bonchev–Trinajstić information content (AvgIpc) is 3.80. The molecule has 0 bridgehead atoms. The van der Waals surface area contributed by atoms with Crippen molar-refractivity contribution in [2.45, 2.75) is 0 Å². The summed E-state index contributed by atoms with van der Waals surface area (Å²) in [6.07, 6.45) is 0. The van der Waals surface area contributed by atoms with E-state index in [0.717, 1.165) is 66.8 Å². The lowest BCUT2D eigenvalue weighted by Crippen LogP contribution is -2.06. The van der Waals surface area contributed by atoms with Gasteiger partial charge in [0.05, 0.1) is 27.6 Å². The maximum absolute atomic E-state index is 5.47. The smallest absolute Gasteiger partial charge is 0.221 e. The molecule has 0 spiro atoms. The van der Waals surface area contributed by atoms with Gasteiger partial charge in [-0.05, 0) is 93.0 Å². The van der Waals surface area contributed by atoms with Gasteiger partial charge < -0.3 is 0 Å². The van der Waals surface area contributed by atoms with Gasteiger partial charge in [-0.1, -0.05) is 146 Å². The first-order chi connectivity index (χ1) is 26.8. The van der Waals surface area contributed by atoms with Gasteiger partial charge in [0.25, 0.3) is 0 Å². The lowest BCUT2D eigenvalue weighted by molar-refractivity contribution is 0.979. The van der Waals surface area contributed by atoms with E-state index in [1.165, 1.54) is 33.0 Å². The number of rotatable bonds is 5. The van der Waals surface area contributed by atoms with E-state index in [0.29, 0.717) is 0 Å². The molecule has 0 aliphatic rings. The van der Waals surface area contributed by atoms with Gasteiger partial charge >= 0.3 is 0 Å². The highest BCUT2D eigenvalue weighted by Crippen LogP contribution is 2.39. The zero-order valence-electron chi connectivity index (χ0n) is 29.3. The van der Waals surface area contributed by atoms with Crippen LogP contribution in [-0.2, 0) is 0 Å². The second-order valence-corrected chi connectivity index (χ2v) is 13.9. The van der Waals surface area contributed by atoms with Crippen molar-refractivity contribution in [3.8, 4) is 50.5 Å². The Morgan fingerprint density at radius 1 is 0.296 bits per heavy atom. The summed E-state index contributed by atoms with van der Waals surface area (Å²) in [5.41, 5.74) is 15.3. The predicted octanol–water partition coefficient (Wildman–Crippen LogP) is 12.8. The Bertz CT molecular complexity index is 3070. The van der Waals surface area contributed by atoms with E-state index in [9.17, 15) is 0 Å². The fourth-order valence-electron chi connectivity index (χ4n) is 8.09. The Morgan fingerprint density at radius 3 is 1.35 bits per heavy atom. The van der Waals surface area contributed by atoms with Crippen LogP contribution < -0.4 is 0 Å². The Balaban J connectivity index is 1.21. The van der Waals surface area contributed by atoms with Crippen LogP contribution in [0.3, 0.4) is 0 Å². The van der Waals surface area contributed by atoms with Gasteiger partial charge in [-0.3, -0.25) is 8.97 Å². The van der Waals surface area contributed by atoms with Crippen LogP contribution in [0.15, 0.2) is 194 Å². The minimum Gasteiger partial charge on any atom is -0.279 e. The standard InChI is InChI=1S/C50H32N4/c1-3-13-33(14-4-1)35-17-11-19-37(29-35)39-25-27-41-42-28-26-40(38-20-12-18-36(30-38)34-15-5-2-6-16-34)32-48(42)53(47(41)31-39)50-52-44-22-8-7-21-43(44)49-51-45-23-9-10-24-46(45)54(49)50/h1-32H. The largest absolute Gasteiger partial charge is 0.279 e. The van der Waals surface area contributed by atoms with E-state index in [2.05, 4.69) is 203 Å². The van der Waals surface area contributed by atoms with Crippen LogP contribution in [0.4, 0.5) is 0 Å². The number of imidazole rings is 1. The Kier molecular flexibility index (Phi) is 6.82. The van der Waals surface area contributed by atoms with Crippen LogP contribution in [0, 0.1) is 0 Å². The monoisotopic (exact) mass is 688 g/mol. The molecule has 252 valence electrons. The van der Waals surface area contributed by atoms with E-state index in [4.69, 9.17) is 9.97 Å². The molecule has 4 nitrogen and oxygen atoms in total. The average molecular weight is 689 g/mol. The molecule has 0 radical (unpaired) electrons. The van der Waals surface area contributed by atoms with Gasteiger partial charge in [0.15, 0.2) is 0 Å². The molecule has 0 saturated carbocycles. The molecule has 0 amide bonds. The van der Waals surface area contributed by atoms with Crippen molar-refractivity contribution in [1.82, 2.24) is 18.9 Å². The third-order valence-electron chi connectivity index (χ3n) is 10.7. The van der Waals surface area contributed by atoms with Crippen LogP contribution in [0.1, 0.15) is 0 Å². The summed E-state index contributed by atoms with van der Waals surface area (Å²) in [4.78, 5) is 10.7. The molecule has 3 heterocycles. The van der Waals surface area contributed by atoms with E-state index in [1.807, 2.05) is 0 Å². The zero-order valence-corrected chi connectivity index (χ0v) is 29.3. The van der Waals surface area contributed by atoms with E-state index in [-0.39, 0.29) is 0 Å². The minimum atomic E-state index is 0.808. The summed E-state index contributed by atoms with van der Waals surface area (Å²) in [5, 5.41) is 3.37. The summed E-state index contributed by atoms with van der Waals surface area (Å²) in [6.45, 7) is 0. The molecule has 0 aliphatic carbocycles. The molecule has 0 aliphatic heterocycles. The highest BCUT2D eigenvalue weighted by molar-refractivity contribution is 6.11. The van der Waals surface area contributed by atoms with Gasteiger partial charge in [0.2, 0.25) is 5.95 Å². The third-order valence-corrected chi connectivity index (χ3v) is 10.7. The van der Waals surface area contributed by atoms with Crippen molar-refractivity contribution < 1.29 is 0 Å². The first-order valence-electron chi connectivity index (χ1n) is 18.3. The molecule has 54 heavy (non-hydrogen) atoms. The number of hydrogen-bond donors (Lipinski definition) is 0. The lowest BCUT2D eigenvalue weighted by Gasteiger charge is -2.14. The first kappa shape index (κ1) is 30.3. The number of benzene rings is 8. The van der Waals surface area contributed by atoms with Crippen molar-refractivity contribution in [1.29, 1.82) is 0 Å². The fraction of sp³-hybridized carbons (Fsp3) is 0. The highest BCUT2D eigenvalue weighted by atomic mass is 15.2. The predicted molar refractivity (Wildman–Crippen MR) is 224 cm³/mol. The summed E-state index contributed by atoms with van der Waals surface area (Å²) in [6, 6.07) is 69.2. The highest BCUT2D eigenvalue weighted by Gasteiger charge is 2.21. The first-order valence-corrected chi connectivity index (χ1v) is 18.3. The fourth-order valence-corrected chi connectivity index (χ4v) is 8.09. The summed E-state index contributed by atoms with van der Waals surface area (Å²) < 4.78 is 4.59. The molecule has 11 rings (SSSR count). The van der Waals surface area contributed by atoms with Gasteiger partial charge in [0, 0.05) is 16.2 Å². The molecule has 3 aromatic heterocycles. The van der Waals surface area contributed by atoms with Crippen LogP contribution in [0.25, 0.3) is 99.8 Å². The lowest BCUT2D eigenvalue weighted by atomic mass is 9.97. The van der Waals surface area contributed by atoms with Crippen LogP contribution in [0.5, 0.6) is 0 Å². The van der Waals surface area contributed by atoms with Gasteiger partial charge in [-0.2, -0.15) is 0 Å². The molecule has 0 fully saturated rings. The topological polar surface area (TPSA) is 35.1 Å². The Hall–Kier alpha value is -7.30. The third kappa shape index (κ3) is 4.85. The molecule has 0 atom stereocenters.